The number of nitrogens with zero attached hydrogens (tertiary/aromatic N) is 5. The molecule has 2 aromatic rings. The molecule has 0 spiro atoms. The third-order valence-corrected chi connectivity index (χ3v) is 4.57. The van der Waals surface area contributed by atoms with Crippen molar-refractivity contribution >= 4 is 17.5 Å². The van der Waals surface area contributed by atoms with Gasteiger partial charge in [0.1, 0.15) is 6.61 Å². The van der Waals surface area contributed by atoms with Crippen molar-refractivity contribution in [1.82, 2.24) is 14.9 Å². The largest absolute Gasteiger partial charge is 0.367 e. The Morgan fingerprint density at radius 3 is 2.63 bits per heavy atom. The smallest absolute Gasteiger partial charge is 0.248 e. The van der Waals surface area contributed by atoms with Crippen LogP contribution in [0.1, 0.15) is 12.0 Å². The van der Waals surface area contributed by atoms with Crippen molar-refractivity contribution in [2.75, 3.05) is 56.7 Å². The molecule has 144 valence electrons. The molecule has 1 aliphatic heterocycles. The molecule has 1 fully saturated rings. The van der Waals surface area contributed by atoms with Crippen LogP contribution in [0, 0.1) is 0 Å². The second-order valence-electron chi connectivity index (χ2n) is 6.80. The van der Waals surface area contributed by atoms with Crippen LogP contribution in [0.4, 0.5) is 11.6 Å². The Hall–Kier alpha value is -2.67. The third kappa shape index (κ3) is 5.17. The molecule has 0 N–H and O–H groups in total. The van der Waals surface area contributed by atoms with Gasteiger partial charge in [-0.25, -0.2) is 9.97 Å². The lowest BCUT2D eigenvalue weighted by Crippen LogP contribution is -2.37. The Balaban J connectivity index is 1.53. The zero-order chi connectivity index (χ0) is 19.1. The fraction of sp³-hybridized carbons (Fsp3) is 0.450. The lowest BCUT2D eigenvalue weighted by atomic mass is 10.2. The van der Waals surface area contributed by atoms with E-state index in [0.717, 1.165) is 43.3 Å². The van der Waals surface area contributed by atoms with Gasteiger partial charge < -0.3 is 19.4 Å². The second kappa shape index (κ2) is 9.32. The van der Waals surface area contributed by atoms with E-state index < -0.39 is 0 Å². The van der Waals surface area contributed by atoms with Crippen molar-refractivity contribution < 1.29 is 9.53 Å². The van der Waals surface area contributed by atoms with Crippen LogP contribution in [0.25, 0.3) is 0 Å². The van der Waals surface area contributed by atoms with Gasteiger partial charge >= 0.3 is 0 Å². The molecule has 1 aliphatic rings. The van der Waals surface area contributed by atoms with Crippen LogP contribution in [0.3, 0.4) is 0 Å². The van der Waals surface area contributed by atoms with Crippen molar-refractivity contribution in [2.24, 2.45) is 0 Å². The summed E-state index contributed by atoms with van der Waals surface area (Å²) < 4.78 is 5.60. The van der Waals surface area contributed by atoms with Crippen molar-refractivity contribution in [2.45, 2.75) is 13.0 Å². The summed E-state index contributed by atoms with van der Waals surface area (Å²) in [5.74, 6) is 1.76. The van der Waals surface area contributed by atoms with Gasteiger partial charge in [-0.3, -0.25) is 4.79 Å². The summed E-state index contributed by atoms with van der Waals surface area (Å²) in [6.45, 7) is 3.57. The number of hydrogen-bond donors (Lipinski definition) is 0. The number of carbonyl (C=O) groups excluding carboxylic acids is 1. The first kappa shape index (κ1) is 19.1. The Morgan fingerprint density at radius 2 is 1.85 bits per heavy atom. The van der Waals surface area contributed by atoms with E-state index in [-0.39, 0.29) is 12.5 Å². The lowest BCUT2D eigenvalue weighted by molar-refractivity contribution is -0.136. The molecule has 2 heterocycles. The summed E-state index contributed by atoms with van der Waals surface area (Å²) in [5.41, 5.74) is 1.08. The van der Waals surface area contributed by atoms with E-state index in [1.54, 1.807) is 12.4 Å². The van der Waals surface area contributed by atoms with Crippen LogP contribution in [0.5, 0.6) is 0 Å². The first-order valence-corrected chi connectivity index (χ1v) is 9.28. The highest BCUT2D eigenvalue weighted by atomic mass is 16.5. The quantitative estimate of drug-likeness (QED) is 0.774. The average Bonchev–Trinajstić information content (AvgIpc) is 2.95. The maximum Gasteiger partial charge on any atom is 0.248 e. The van der Waals surface area contributed by atoms with Crippen LogP contribution in [-0.2, 0) is 16.1 Å². The predicted molar refractivity (Wildman–Crippen MR) is 106 cm³/mol. The maximum atomic E-state index is 12.5. The molecule has 0 saturated carbocycles. The standard InChI is InChI=1S/C20H27N5O2/c1-23(2)19-20(22-10-9-21-19)25-12-6-11-24(13-14-25)18(26)16-27-15-17-7-4-3-5-8-17/h3-5,7-10H,6,11-16H2,1-2H3. The van der Waals surface area contributed by atoms with E-state index in [2.05, 4.69) is 14.9 Å². The molecule has 1 aromatic heterocycles. The minimum atomic E-state index is 0.0414. The van der Waals surface area contributed by atoms with Crippen molar-refractivity contribution in [3.63, 3.8) is 0 Å². The number of aromatic nitrogens is 2. The molecule has 0 aliphatic carbocycles. The SMILES string of the molecule is CN(C)c1nccnc1N1CCCN(C(=O)COCc2ccccc2)CC1. The Kier molecular flexibility index (Phi) is 6.59. The third-order valence-electron chi connectivity index (χ3n) is 4.57. The molecule has 1 saturated heterocycles. The molecule has 0 atom stereocenters. The minimum Gasteiger partial charge on any atom is -0.367 e. The summed E-state index contributed by atoms with van der Waals surface area (Å²) in [5, 5.41) is 0. The van der Waals surface area contributed by atoms with Gasteiger partial charge in [-0.1, -0.05) is 30.3 Å². The van der Waals surface area contributed by atoms with Crippen LogP contribution in [0.2, 0.25) is 0 Å². The van der Waals surface area contributed by atoms with Crippen molar-refractivity contribution in [3.05, 3.63) is 48.3 Å². The van der Waals surface area contributed by atoms with Crippen LogP contribution in [0.15, 0.2) is 42.7 Å². The highest BCUT2D eigenvalue weighted by Crippen LogP contribution is 2.23. The van der Waals surface area contributed by atoms with Gasteiger partial charge in [-0.2, -0.15) is 0 Å². The molecule has 7 nitrogen and oxygen atoms in total. The van der Waals surface area contributed by atoms with Gasteiger partial charge in [-0.15, -0.1) is 0 Å². The number of rotatable bonds is 6. The van der Waals surface area contributed by atoms with Gasteiger partial charge in [0.2, 0.25) is 5.91 Å². The minimum absolute atomic E-state index is 0.0414. The van der Waals surface area contributed by atoms with E-state index in [1.807, 2.05) is 54.2 Å². The van der Waals surface area contributed by atoms with Crippen LogP contribution < -0.4 is 9.80 Å². The number of ether oxygens (including phenoxy) is 1. The van der Waals surface area contributed by atoms with E-state index in [9.17, 15) is 4.79 Å². The number of amides is 1. The highest BCUT2D eigenvalue weighted by Gasteiger charge is 2.22. The van der Waals surface area contributed by atoms with Gasteiger partial charge in [0, 0.05) is 52.7 Å². The molecule has 1 aromatic carbocycles. The summed E-state index contributed by atoms with van der Waals surface area (Å²) in [6.07, 6.45) is 4.32. The maximum absolute atomic E-state index is 12.5. The van der Waals surface area contributed by atoms with Gasteiger partial charge in [0.25, 0.3) is 0 Å². The lowest BCUT2D eigenvalue weighted by Gasteiger charge is -2.26. The molecule has 0 bridgehead atoms. The molecule has 3 rings (SSSR count). The highest BCUT2D eigenvalue weighted by molar-refractivity contribution is 5.77. The zero-order valence-electron chi connectivity index (χ0n) is 16.0. The van der Waals surface area contributed by atoms with Gasteiger partial charge in [-0.05, 0) is 12.0 Å². The van der Waals surface area contributed by atoms with Crippen LogP contribution in [-0.4, -0.2) is 67.7 Å². The predicted octanol–water partition coefficient (Wildman–Crippen LogP) is 1.80. The summed E-state index contributed by atoms with van der Waals surface area (Å²) in [6, 6.07) is 9.90. The molecule has 0 radical (unpaired) electrons. The number of anilines is 2. The molecule has 0 unspecified atom stereocenters. The molecule has 1 amide bonds. The van der Waals surface area contributed by atoms with Crippen molar-refractivity contribution in [3.8, 4) is 0 Å². The number of carbonyl (C=O) groups is 1. The normalized spacial score (nSPS) is 14.7. The summed E-state index contributed by atoms with van der Waals surface area (Å²) in [7, 11) is 3.93. The first-order valence-electron chi connectivity index (χ1n) is 9.28. The monoisotopic (exact) mass is 369 g/mol. The molecular weight excluding hydrogens is 342 g/mol. The fourth-order valence-electron chi connectivity index (χ4n) is 3.16. The summed E-state index contributed by atoms with van der Waals surface area (Å²) in [4.78, 5) is 27.5. The fourth-order valence-corrected chi connectivity index (χ4v) is 3.16. The topological polar surface area (TPSA) is 61.8 Å². The van der Waals surface area contributed by atoms with E-state index in [1.165, 1.54) is 0 Å². The van der Waals surface area contributed by atoms with Crippen molar-refractivity contribution in [1.29, 1.82) is 0 Å². The van der Waals surface area contributed by atoms with Gasteiger partial charge in [0.05, 0.1) is 6.61 Å². The van der Waals surface area contributed by atoms with E-state index >= 15 is 0 Å². The average molecular weight is 369 g/mol. The Labute approximate surface area is 160 Å². The molecule has 27 heavy (non-hydrogen) atoms. The number of benzene rings is 1. The molecular formula is C20H27N5O2. The first-order chi connectivity index (χ1) is 13.1. The summed E-state index contributed by atoms with van der Waals surface area (Å²) >= 11 is 0. The number of hydrogen-bond acceptors (Lipinski definition) is 6. The Bertz CT molecular complexity index is 738. The Morgan fingerprint density at radius 1 is 1.07 bits per heavy atom. The van der Waals surface area contributed by atoms with Crippen LogP contribution >= 0.6 is 0 Å². The van der Waals surface area contributed by atoms with E-state index in [4.69, 9.17) is 4.74 Å². The van der Waals surface area contributed by atoms with E-state index in [0.29, 0.717) is 13.2 Å². The second-order valence-corrected chi connectivity index (χ2v) is 6.80. The zero-order valence-corrected chi connectivity index (χ0v) is 16.0. The van der Waals surface area contributed by atoms with Gasteiger partial charge in [0.15, 0.2) is 11.6 Å². The molecule has 7 heteroatoms.